The van der Waals surface area contributed by atoms with E-state index in [-0.39, 0.29) is 11.5 Å². The predicted octanol–water partition coefficient (Wildman–Crippen LogP) is 1.97. The Kier molecular flexibility index (Phi) is 5.49. The third-order valence-electron chi connectivity index (χ3n) is 4.34. The highest BCUT2D eigenvalue weighted by Gasteiger charge is 2.18. The first-order chi connectivity index (χ1) is 13.0. The SMILES string of the molecule is Cc1cc(C)n(-c2ccc(=O)n(C(C)C(=O)NCCc3ccccc3)n2)n1. The zero-order valence-corrected chi connectivity index (χ0v) is 15.7. The number of benzene rings is 1. The molecule has 2 heterocycles. The van der Waals surface area contributed by atoms with E-state index in [2.05, 4.69) is 15.5 Å². The Hall–Kier alpha value is -3.22. The van der Waals surface area contributed by atoms with Crippen LogP contribution in [0.3, 0.4) is 0 Å². The quantitative estimate of drug-likeness (QED) is 0.724. The Labute approximate surface area is 157 Å². The second kappa shape index (κ2) is 7.99. The van der Waals surface area contributed by atoms with E-state index in [0.29, 0.717) is 12.4 Å². The van der Waals surface area contributed by atoms with Gasteiger partial charge in [-0.1, -0.05) is 30.3 Å². The number of rotatable bonds is 6. The highest BCUT2D eigenvalue weighted by molar-refractivity contribution is 5.79. The van der Waals surface area contributed by atoms with Gasteiger partial charge in [0.25, 0.3) is 5.56 Å². The molecule has 0 aliphatic carbocycles. The van der Waals surface area contributed by atoms with Gasteiger partial charge in [-0.15, -0.1) is 5.10 Å². The third kappa shape index (κ3) is 4.31. The summed E-state index contributed by atoms with van der Waals surface area (Å²) in [4.78, 5) is 24.7. The van der Waals surface area contributed by atoms with E-state index < -0.39 is 6.04 Å². The minimum Gasteiger partial charge on any atom is -0.354 e. The van der Waals surface area contributed by atoms with Crippen molar-refractivity contribution in [2.75, 3.05) is 6.54 Å². The van der Waals surface area contributed by atoms with Gasteiger partial charge in [0.15, 0.2) is 5.82 Å². The Morgan fingerprint density at radius 3 is 2.52 bits per heavy atom. The molecule has 0 spiro atoms. The van der Waals surface area contributed by atoms with Crippen LogP contribution in [0.1, 0.15) is 29.9 Å². The van der Waals surface area contributed by atoms with Crippen molar-refractivity contribution in [1.82, 2.24) is 24.9 Å². The summed E-state index contributed by atoms with van der Waals surface area (Å²) in [5.74, 6) is 0.259. The van der Waals surface area contributed by atoms with Gasteiger partial charge in [-0.25, -0.2) is 9.36 Å². The van der Waals surface area contributed by atoms with Crippen molar-refractivity contribution in [2.45, 2.75) is 33.2 Å². The van der Waals surface area contributed by atoms with E-state index in [1.165, 1.54) is 10.7 Å². The summed E-state index contributed by atoms with van der Waals surface area (Å²) >= 11 is 0. The fourth-order valence-corrected chi connectivity index (χ4v) is 2.90. The first-order valence-corrected chi connectivity index (χ1v) is 8.91. The maximum absolute atomic E-state index is 12.5. The van der Waals surface area contributed by atoms with E-state index >= 15 is 0 Å². The zero-order chi connectivity index (χ0) is 19.4. The van der Waals surface area contributed by atoms with Crippen LogP contribution in [0.25, 0.3) is 5.82 Å². The normalized spacial score (nSPS) is 12.0. The van der Waals surface area contributed by atoms with Crippen LogP contribution in [0.2, 0.25) is 0 Å². The van der Waals surface area contributed by atoms with E-state index in [4.69, 9.17) is 0 Å². The van der Waals surface area contributed by atoms with Gasteiger partial charge < -0.3 is 5.32 Å². The standard InChI is InChI=1S/C20H23N5O2/c1-14-13-15(2)24(22-14)18-9-10-19(26)25(23-18)16(3)20(27)21-12-11-17-7-5-4-6-8-17/h4-10,13,16H,11-12H2,1-3H3,(H,21,27). The van der Waals surface area contributed by atoms with Gasteiger partial charge in [0.05, 0.1) is 5.69 Å². The summed E-state index contributed by atoms with van der Waals surface area (Å²) in [5, 5.41) is 11.6. The van der Waals surface area contributed by atoms with E-state index in [1.807, 2.05) is 50.2 Å². The maximum atomic E-state index is 12.5. The van der Waals surface area contributed by atoms with Crippen molar-refractivity contribution in [3.63, 3.8) is 0 Å². The highest BCUT2D eigenvalue weighted by Crippen LogP contribution is 2.09. The number of nitrogens with zero attached hydrogens (tertiary/aromatic N) is 4. The van der Waals surface area contributed by atoms with Crippen LogP contribution in [-0.4, -0.2) is 32.0 Å². The molecule has 0 saturated heterocycles. The second-order valence-corrected chi connectivity index (χ2v) is 6.52. The number of hydrogen-bond donors (Lipinski definition) is 1. The minimum absolute atomic E-state index is 0.244. The average Bonchev–Trinajstić information content (AvgIpc) is 3.00. The monoisotopic (exact) mass is 365 g/mol. The van der Waals surface area contributed by atoms with Crippen molar-refractivity contribution in [3.05, 3.63) is 75.8 Å². The average molecular weight is 365 g/mol. The van der Waals surface area contributed by atoms with Crippen molar-refractivity contribution in [2.24, 2.45) is 0 Å². The molecule has 0 aliphatic heterocycles. The number of aromatic nitrogens is 4. The lowest BCUT2D eigenvalue weighted by Gasteiger charge is -2.15. The molecule has 3 rings (SSSR count). The molecular weight excluding hydrogens is 342 g/mol. The van der Waals surface area contributed by atoms with Crippen molar-refractivity contribution in [3.8, 4) is 5.82 Å². The molecule has 0 bridgehead atoms. The first kappa shape index (κ1) is 18.6. The van der Waals surface area contributed by atoms with E-state index in [1.54, 1.807) is 17.7 Å². The van der Waals surface area contributed by atoms with Gasteiger partial charge in [-0.2, -0.15) is 5.10 Å². The minimum atomic E-state index is -0.717. The fourth-order valence-electron chi connectivity index (χ4n) is 2.90. The van der Waals surface area contributed by atoms with Gasteiger partial charge in [-0.05, 0) is 44.9 Å². The van der Waals surface area contributed by atoms with Crippen LogP contribution >= 0.6 is 0 Å². The summed E-state index contributed by atoms with van der Waals surface area (Å²) in [6.07, 6.45) is 0.730. The van der Waals surface area contributed by atoms with Gasteiger partial charge >= 0.3 is 0 Å². The first-order valence-electron chi connectivity index (χ1n) is 8.91. The maximum Gasteiger partial charge on any atom is 0.267 e. The lowest BCUT2D eigenvalue weighted by atomic mass is 10.1. The molecule has 1 atom stereocenters. The summed E-state index contributed by atoms with van der Waals surface area (Å²) in [6, 6.07) is 14.1. The largest absolute Gasteiger partial charge is 0.354 e. The molecule has 0 fully saturated rings. The number of nitrogens with one attached hydrogen (secondary N) is 1. The molecule has 3 aromatic rings. The van der Waals surface area contributed by atoms with Gasteiger partial charge in [0.2, 0.25) is 5.91 Å². The molecule has 7 nitrogen and oxygen atoms in total. The van der Waals surface area contributed by atoms with Gasteiger partial charge in [-0.3, -0.25) is 9.59 Å². The number of amides is 1. The second-order valence-electron chi connectivity index (χ2n) is 6.52. The molecule has 0 saturated carbocycles. The molecule has 0 radical (unpaired) electrons. The van der Waals surface area contributed by atoms with E-state index in [0.717, 1.165) is 23.4 Å². The summed E-state index contributed by atoms with van der Waals surface area (Å²) in [6.45, 7) is 5.97. The molecule has 1 amide bonds. The van der Waals surface area contributed by atoms with Crippen molar-refractivity contribution in [1.29, 1.82) is 0 Å². The van der Waals surface area contributed by atoms with Crippen LogP contribution in [0.4, 0.5) is 0 Å². The highest BCUT2D eigenvalue weighted by atomic mass is 16.2. The number of aryl methyl sites for hydroxylation is 2. The molecule has 2 aromatic heterocycles. The van der Waals surface area contributed by atoms with Crippen LogP contribution in [0, 0.1) is 13.8 Å². The topological polar surface area (TPSA) is 81.8 Å². The Morgan fingerprint density at radius 1 is 1.11 bits per heavy atom. The van der Waals surface area contributed by atoms with Crippen molar-refractivity contribution >= 4 is 5.91 Å². The van der Waals surface area contributed by atoms with Gasteiger partial charge in [0, 0.05) is 18.3 Å². The van der Waals surface area contributed by atoms with Gasteiger partial charge in [0.1, 0.15) is 6.04 Å². The zero-order valence-electron chi connectivity index (χ0n) is 15.7. The number of carbonyl (C=O) groups is 1. The van der Waals surface area contributed by atoms with Crippen LogP contribution in [0.5, 0.6) is 0 Å². The lowest BCUT2D eigenvalue weighted by molar-refractivity contribution is -0.124. The molecule has 0 aliphatic rings. The number of hydrogen-bond acceptors (Lipinski definition) is 4. The smallest absolute Gasteiger partial charge is 0.267 e. The Morgan fingerprint density at radius 2 is 1.85 bits per heavy atom. The van der Waals surface area contributed by atoms with Crippen LogP contribution < -0.4 is 10.9 Å². The molecule has 1 aromatic carbocycles. The summed E-state index contributed by atoms with van der Waals surface area (Å²) in [7, 11) is 0. The Bertz CT molecular complexity index is 991. The third-order valence-corrected chi connectivity index (χ3v) is 4.34. The molecule has 140 valence electrons. The van der Waals surface area contributed by atoms with Crippen LogP contribution in [-0.2, 0) is 11.2 Å². The fraction of sp³-hybridized carbons (Fsp3) is 0.300. The Balaban J connectivity index is 1.72. The molecule has 1 unspecified atom stereocenters. The van der Waals surface area contributed by atoms with Crippen molar-refractivity contribution < 1.29 is 4.79 Å². The van der Waals surface area contributed by atoms with E-state index in [9.17, 15) is 9.59 Å². The molecule has 1 N–H and O–H groups in total. The predicted molar refractivity (Wildman–Crippen MR) is 103 cm³/mol. The molecule has 7 heteroatoms. The molecule has 27 heavy (non-hydrogen) atoms. The lowest BCUT2D eigenvalue weighted by Crippen LogP contribution is -2.38. The summed E-state index contributed by atoms with van der Waals surface area (Å²) in [5.41, 5.74) is 2.59. The number of carbonyl (C=O) groups excluding carboxylic acids is 1. The summed E-state index contributed by atoms with van der Waals surface area (Å²) < 4.78 is 2.86. The molecular formula is C20H23N5O2. The van der Waals surface area contributed by atoms with Crippen LogP contribution in [0.15, 0.2) is 53.3 Å².